The van der Waals surface area contributed by atoms with Gasteiger partial charge < -0.3 is 9.84 Å². The van der Waals surface area contributed by atoms with Crippen molar-refractivity contribution >= 4 is 17.9 Å². The van der Waals surface area contributed by atoms with Crippen LogP contribution in [0, 0.1) is 5.92 Å². The Morgan fingerprint density at radius 2 is 2.20 bits per heavy atom. The van der Waals surface area contributed by atoms with Gasteiger partial charge >= 0.3 is 17.9 Å². The molecule has 1 heterocycles. The lowest BCUT2D eigenvalue weighted by Crippen LogP contribution is -2.17. The Morgan fingerprint density at radius 3 is 2.40 bits per heavy atom. The van der Waals surface area contributed by atoms with E-state index in [-0.39, 0.29) is 6.42 Å². The van der Waals surface area contributed by atoms with E-state index in [9.17, 15) is 14.4 Å². The highest BCUT2D eigenvalue weighted by molar-refractivity contribution is 6.05. The monoisotopic (exact) mass is 144 g/mol. The number of carbonyl (C=O) groups excluding carboxylic acids is 2. The first-order valence-corrected chi connectivity index (χ1v) is 2.58. The number of hydrogen-bond acceptors (Lipinski definition) is 4. The second-order valence-corrected chi connectivity index (χ2v) is 1.89. The molecular formula is C5H4O5. The fourth-order valence-corrected chi connectivity index (χ4v) is 0.663. The second kappa shape index (κ2) is 2.09. The molecular weight excluding hydrogens is 140 g/mol. The van der Waals surface area contributed by atoms with E-state index in [1.165, 1.54) is 0 Å². The molecule has 5 heteroatoms. The highest BCUT2D eigenvalue weighted by atomic mass is 16.6. The molecule has 0 aromatic heterocycles. The number of ether oxygens (including phenoxy) is 1. The van der Waals surface area contributed by atoms with Crippen molar-refractivity contribution in [2.24, 2.45) is 5.92 Å². The van der Waals surface area contributed by atoms with E-state index in [2.05, 4.69) is 4.74 Å². The molecule has 5 nitrogen and oxygen atoms in total. The number of carboxylic acid groups (broad SMARTS) is 1. The van der Waals surface area contributed by atoms with Gasteiger partial charge in [-0.05, 0) is 0 Å². The van der Waals surface area contributed by atoms with E-state index < -0.39 is 23.8 Å². The van der Waals surface area contributed by atoms with Crippen molar-refractivity contribution in [3.63, 3.8) is 0 Å². The zero-order valence-electron chi connectivity index (χ0n) is 4.86. The third-order valence-electron chi connectivity index (χ3n) is 1.17. The number of hydrogen-bond donors (Lipinski definition) is 1. The van der Waals surface area contributed by atoms with Crippen molar-refractivity contribution in [1.82, 2.24) is 0 Å². The van der Waals surface area contributed by atoms with E-state index in [0.717, 1.165) is 0 Å². The summed E-state index contributed by atoms with van der Waals surface area (Å²) < 4.78 is 3.98. The summed E-state index contributed by atoms with van der Waals surface area (Å²) in [5.41, 5.74) is 0. The number of carboxylic acids is 1. The van der Waals surface area contributed by atoms with E-state index in [1.807, 2.05) is 0 Å². The first-order chi connectivity index (χ1) is 4.61. The van der Waals surface area contributed by atoms with Crippen molar-refractivity contribution in [2.75, 3.05) is 0 Å². The Kier molecular flexibility index (Phi) is 1.41. The van der Waals surface area contributed by atoms with Gasteiger partial charge in [0.1, 0.15) is 0 Å². The average Bonchev–Trinajstić information content (AvgIpc) is 2.10. The van der Waals surface area contributed by atoms with E-state index in [0.29, 0.717) is 0 Å². The Bertz CT molecular complexity index is 206. The molecule has 1 unspecified atom stereocenters. The predicted molar refractivity (Wildman–Crippen MR) is 26.8 cm³/mol. The molecule has 10 heavy (non-hydrogen) atoms. The van der Waals surface area contributed by atoms with Crippen LogP contribution in [0.2, 0.25) is 0 Å². The van der Waals surface area contributed by atoms with E-state index in [1.54, 1.807) is 0 Å². The van der Waals surface area contributed by atoms with E-state index in [4.69, 9.17) is 5.11 Å². The minimum absolute atomic E-state index is 0.339. The zero-order valence-corrected chi connectivity index (χ0v) is 4.86. The lowest BCUT2D eigenvalue weighted by atomic mass is 10.1. The third kappa shape index (κ3) is 0.975. The molecule has 0 spiro atoms. The molecule has 0 aromatic rings. The van der Waals surface area contributed by atoms with E-state index >= 15 is 0 Å². The SMILES string of the molecule is O=C1CC(C(=O)O)C(=O)O1. The second-order valence-electron chi connectivity index (χ2n) is 1.89. The van der Waals surface area contributed by atoms with Gasteiger partial charge in [-0.3, -0.25) is 14.4 Å². The smallest absolute Gasteiger partial charge is 0.328 e. The fourth-order valence-electron chi connectivity index (χ4n) is 0.663. The topological polar surface area (TPSA) is 80.7 Å². The van der Waals surface area contributed by atoms with Gasteiger partial charge in [-0.1, -0.05) is 0 Å². The van der Waals surface area contributed by atoms with Gasteiger partial charge in [-0.2, -0.15) is 0 Å². The van der Waals surface area contributed by atoms with Crippen molar-refractivity contribution < 1.29 is 24.2 Å². The Hall–Kier alpha value is -1.39. The summed E-state index contributed by atoms with van der Waals surface area (Å²) in [6.45, 7) is 0. The van der Waals surface area contributed by atoms with Crippen LogP contribution in [0.25, 0.3) is 0 Å². The molecule has 0 aromatic carbocycles. The molecule has 0 bridgehead atoms. The van der Waals surface area contributed by atoms with Crippen molar-refractivity contribution in [2.45, 2.75) is 6.42 Å². The van der Waals surface area contributed by atoms with Gasteiger partial charge in [0.15, 0.2) is 5.92 Å². The maximum Gasteiger partial charge on any atom is 0.328 e. The summed E-state index contributed by atoms with van der Waals surface area (Å²) in [6, 6.07) is 0. The quantitative estimate of drug-likeness (QED) is 0.383. The summed E-state index contributed by atoms with van der Waals surface area (Å²) in [7, 11) is 0. The number of cyclic esters (lactones) is 2. The molecule has 1 rings (SSSR count). The van der Waals surface area contributed by atoms with Gasteiger partial charge in [0.25, 0.3) is 0 Å². The highest BCUT2D eigenvalue weighted by Crippen LogP contribution is 2.15. The van der Waals surface area contributed by atoms with Gasteiger partial charge in [-0.15, -0.1) is 0 Å². The van der Waals surface area contributed by atoms with Crippen LogP contribution in [-0.2, 0) is 19.1 Å². The average molecular weight is 144 g/mol. The molecule has 0 amide bonds. The number of rotatable bonds is 1. The fraction of sp³-hybridized carbons (Fsp3) is 0.400. The molecule has 0 aliphatic carbocycles. The van der Waals surface area contributed by atoms with Crippen molar-refractivity contribution in [3.05, 3.63) is 0 Å². The molecule has 1 atom stereocenters. The Balaban J connectivity index is 2.72. The summed E-state index contributed by atoms with van der Waals surface area (Å²) in [5, 5.41) is 8.25. The maximum atomic E-state index is 10.4. The highest BCUT2D eigenvalue weighted by Gasteiger charge is 2.38. The molecule has 1 saturated heterocycles. The zero-order chi connectivity index (χ0) is 7.72. The molecule has 0 radical (unpaired) electrons. The van der Waals surface area contributed by atoms with Crippen LogP contribution in [0.15, 0.2) is 0 Å². The lowest BCUT2D eigenvalue weighted by molar-refractivity contribution is -0.155. The lowest BCUT2D eigenvalue weighted by Gasteiger charge is -1.92. The largest absolute Gasteiger partial charge is 0.481 e. The van der Waals surface area contributed by atoms with Gasteiger partial charge in [-0.25, -0.2) is 0 Å². The minimum Gasteiger partial charge on any atom is -0.481 e. The summed E-state index contributed by atoms with van der Waals surface area (Å²) in [5.74, 6) is -4.32. The van der Waals surface area contributed by atoms with Gasteiger partial charge in [0, 0.05) is 0 Å². The number of aliphatic carboxylic acids is 1. The normalized spacial score (nSPS) is 24.6. The van der Waals surface area contributed by atoms with Gasteiger partial charge in [0.2, 0.25) is 0 Å². The van der Waals surface area contributed by atoms with Crippen LogP contribution in [0.4, 0.5) is 0 Å². The minimum atomic E-state index is -1.31. The first kappa shape index (κ1) is 6.73. The van der Waals surface area contributed by atoms with Crippen molar-refractivity contribution in [1.29, 1.82) is 0 Å². The number of carbonyl (C=O) groups is 3. The van der Waals surface area contributed by atoms with Crippen LogP contribution >= 0.6 is 0 Å². The Morgan fingerprint density at radius 1 is 1.60 bits per heavy atom. The van der Waals surface area contributed by atoms with Crippen LogP contribution in [-0.4, -0.2) is 23.0 Å². The van der Waals surface area contributed by atoms with Gasteiger partial charge in [0.05, 0.1) is 6.42 Å². The summed E-state index contributed by atoms with van der Waals surface area (Å²) >= 11 is 0. The predicted octanol–water partition coefficient (Wildman–Crippen LogP) is -0.839. The van der Waals surface area contributed by atoms with Crippen LogP contribution in [0.1, 0.15) is 6.42 Å². The molecule has 1 N–H and O–H groups in total. The number of esters is 2. The molecule has 1 aliphatic rings. The van der Waals surface area contributed by atoms with Crippen molar-refractivity contribution in [3.8, 4) is 0 Å². The summed E-state index contributed by atoms with van der Waals surface area (Å²) in [4.78, 5) is 30.8. The van der Waals surface area contributed by atoms with Crippen LogP contribution in [0.3, 0.4) is 0 Å². The first-order valence-electron chi connectivity index (χ1n) is 2.58. The molecule has 0 saturated carbocycles. The van der Waals surface area contributed by atoms with Crippen LogP contribution in [0.5, 0.6) is 0 Å². The standard InChI is InChI=1S/C5H4O5/c6-3-1-2(4(7)8)5(9)10-3/h2H,1H2,(H,7,8). The Labute approximate surface area is 55.6 Å². The third-order valence-corrected chi connectivity index (χ3v) is 1.17. The summed E-state index contributed by atoms with van der Waals surface area (Å²) in [6.07, 6.45) is -0.339. The molecule has 1 aliphatic heterocycles. The maximum absolute atomic E-state index is 10.4. The molecule has 54 valence electrons. The molecule has 1 fully saturated rings. The van der Waals surface area contributed by atoms with Crippen LogP contribution < -0.4 is 0 Å².